The lowest BCUT2D eigenvalue weighted by Gasteiger charge is -2.14. The van der Waals surface area contributed by atoms with Crippen molar-refractivity contribution in [3.63, 3.8) is 0 Å². The average molecular weight is 312 g/mol. The molecular weight excluding hydrogens is 293 g/mol. The summed E-state index contributed by atoms with van der Waals surface area (Å²) in [4.78, 5) is 7.48. The third-order valence-corrected chi connectivity index (χ3v) is 2.63. The topological polar surface area (TPSA) is 74.5 Å². The highest BCUT2D eigenvalue weighted by molar-refractivity contribution is 6.24. The van der Waals surface area contributed by atoms with Gasteiger partial charge >= 0.3 is 6.18 Å². The number of nitrogens with zero attached hydrogens (tertiary/aromatic N) is 3. The van der Waals surface area contributed by atoms with Crippen molar-refractivity contribution >= 4 is 11.9 Å². The summed E-state index contributed by atoms with van der Waals surface area (Å²) in [5.41, 5.74) is 4.38. The van der Waals surface area contributed by atoms with E-state index in [1.54, 1.807) is 13.0 Å². The normalized spacial score (nSPS) is 15.8. The van der Waals surface area contributed by atoms with Crippen LogP contribution in [0.1, 0.15) is 20.3 Å². The van der Waals surface area contributed by atoms with Gasteiger partial charge in [-0.3, -0.25) is 9.98 Å². The minimum Gasteiger partial charge on any atom is -0.394 e. The molecule has 0 rings (SSSR count). The lowest BCUT2D eigenvalue weighted by molar-refractivity contribution is -0.0928. The van der Waals surface area contributed by atoms with E-state index in [2.05, 4.69) is 9.98 Å². The number of nitrogens with two attached hydrogens (primary N) is 1. The first-order chi connectivity index (χ1) is 10.2. The van der Waals surface area contributed by atoms with Crippen LogP contribution in [0, 0.1) is 11.3 Å². The maximum Gasteiger partial charge on any atom is 0.431 e. The molecule has 0 aromatic rings. The number of allylic oxidation sites excluding steroid dienone is 6. The summed E-state index contributed by atoms with van der Waals surface area (Å²) >= 11 is 0. The van der Waals surface area contributed by atoms with E-state index in [-0.39, 0.29) is 11.3 Å². The van der Waals surface area contributed by atoms with E-state index in [1.165, 1.54) is 20.2 Å². The number of hydrogen-bond acceptors (Lipinski definition) is 4. The third kappa shape index (κ3) is 5.56. The van der Waals surface area contributed by atoms with Gasteiger partial charge in [-0.25, -0.2) is 0 Å². The largest absolute Gasteiger partial charge is 0.431 e. The van der Waals surface area contributed by atoms with Crippen LogP contribution >= 0.6 is 0 Å². The summed E-state index contributed by atoms with van der Waals surface area (Å²) in [6, 6.07) is 1.97. The van der Waals surface area contributed by atoms with Crippen LogP contribution in [0.4, 0.5) is 13.2 Å². The maximum absolute atomic E-state index is 12.8. The van der Waals surface area contributed by atoms with Crippen LogP contribution in [0.15, 0.2) is 44.6 Å². The molecule has 0 aliphatic rings. The van der Waals surface area contributed by atoms with E-state index >= 15 is 0 Å². The second-order valence-electron chi connectivity index (χ2n) is 4.29. The van der Waals surface area contributed by atoms with Gasteiger partial charge in [0.15, 0.2) is 0 Å². The molecule has 0 atom stereocenters. The molecule has 0 radical (unpaired) electrons. The molecule has 0 aliphatic heterocycles. The van der Waals surface area contributed by atoms with Gasteiger partial charge in [-0.15, -0.1) is 0 Å². The van der Waals surface area contributed by atoms with Crippen molar-refractivity contribution in [2.45, 2.75) is 26.4 Å². The van der Waals surface area contributed by atoms with Crippen molar-refractivity contribution < 1.29 is 13.2 Å². The van der Waals surface area contributed by atoms with Crippen molar-refractivity contribution in [1.82, 2.24) is 0 Å². The van der Waals surface area contributed by atoms with E-state index in [9.17, 15) is 13.2 Å². The van der Waals surface area contributed by atoms with Crippen molar-refractivity contribution in [1.29, 1.82) is 5.26 Å². The second-order valence-corrected chi connectivity index (χ2v) is 4.29. The van der Waals surface area contributed by atoms with Gasteiger partial charge in [0.1, 0.15) is 5.70 Å². The van der Waals surface area contributed by atoms with Gasteiger partial charge < -0.3 is 5.73 Å². The van der Waals surface area contributed by atoms with E-state index < -0.39 is 11.9 Å². The first kappa shape index (κ1) is 19.6. The molecule has 0 unspecified atom stereocenters. The molecule has 0 heterocycles. The van der Waals surface area contributed by atoms with Crippen LogP contribution in [-0.2, 0) is 0 Å². The highest BCUT2D eigenvalue weighted by Gasteiger charge is 2.35. The molecule has 0 spiro atoms. The summed E-state index contributed by atoms with van der Waals surface area (Å²) in [6.45, 7) is 3.42. The number of nitriles is 1. The van der Waals surface area contributed by atoms with Gasteiger partial charge in [-0.05, 0) is 25.0 Å². The zero-order valence-corrected chi connectivity index (χ0v) is 13.0. The molecule has 7 heteroatoms. The lowest BCUT2D eigenvalue weighted by Crippen LogP contribution is -2.25. The smallest absolute Gasteiger partial charge is 0.394 e. The molecule has 22 heavy (non-hydrogen) atoms. The standard InChI is InChI=1S/C15H19F3N4/c1-5-6-11(8-19)7-10(2)13(22-4)12(9-21-3)14(20)15(16,17)18/h6-7,9H,5,20H2,1-4H3/b10-7-,11-6-,14-12?,21-9?,22-13?. The first-order valence-corrected chi connectivity index (χ1v) is 6.48. The summed E-state index contributed by atoms with van der Waals surface area (Å²) in [5, 5.41) is 9.00. The molecule has 4 nitrogen and oxygen atoms in total. The van der Waals surface area contributed by atoms with Crippen LogP contribution in [0.3, 0.4) is 0 Å². The third-order valence-electron chi connectivity index (χ3n) is 2.63. The van der Waals surface area contributed by atoms with E-state index in [0.29, 0.717) is 17.6 Å². The van der Waals surface area contributed by atoms with Gasteiger partial charge in [0.2, 0.25) is 0 Å². The van der Waals surface area contributed by atoms with Gasteiger partial charge in [0.25, 0.3) is 0 Å². The number of halogens is 3. The Bertz CT molecular complexity index is 585. The fraction of sp³-hybridized carbons (Fsp3) is 0.400. The molecular formula is C15H19F3N4. The molecule has 120 valence electrons. The second kappa shape index (κ2) is 8.82. The SMILES string of the molecule is CC/C=C(C#N)/C=C(/C)C(=NC)C(C=NC)=C(N)C(F)(F)F. The van der Waals surface area contributed by atoms with E-state index in [4.69, 9.17) is 11.0 Å². The fourth-order valence-electron chi connectivity index (χ4n) is 1.71. The summed E-state index contributed by atoms with van der Waals surface area (Å²) in [7, 11) is 2.70. The number of alkyl halides is 3. The predicted octanol–water partition coefficient (Wildman–Crippen LogP) is 3.34. The molecule has 0 aromatic heterocycles. The minimum absolute atomic E-state index is 0.0395. The molecule has 0 aliphatic carbocycles. The monoisotopic (exact) mass is 312 g/mol. The molecule has 0 saturated carbocycles. The number of hydrogen-bond donors (Lipinski definition) is 1. The van der Waals surface area contributed by atoms with E-state index in [1.807, 2.05) is 13.0 Å². The zero-order valence-electron chi connectivity index (χ0n) is 13.0. The van der Waals surface area contributed by atoms with Gasteiger partial charge in [0.05, 0.1) is 11.8 Å². The van der Waals surface area contributed by atoms with Gasteiger partial charge in [0, 0.05) is 31.5 Å². The Balaban J connectivity index is 6.10. The average Bonchev–Trinajstić information content (AvgIpc) is 2.44. The summed E-state index contributed by atoms with van der Waals surface area (Å²) in [5.74, 6) is 0. The Morgan fingerprint density at radius 3 is 2.27 bits per heavy atom. The van der Waals surface area contributed by atoms with E-state index in [0.717, 1.165) is 6.21 Å². The zero-order chi connectivity index (χ0) is 17.3. The summed E-state index contributed by atoms with van der Waals surface area (Å²) < 4.78 is 38.5. The molecule has 0 amide bonds. The Morgan fingerprint density at radius 2 is 1.91 bits per heavy atom. The number of aliphatic imine (C=N–C) groups is 2. The molecule has 0 aromatic carbocycles. The van der Waals surface area contributed by atoms with Crippen LogP contribution < -0.4 is 5.73 Å². The summed E-state index contributed by atoms with van der Waals surface area (Å²) in [6.07, 6.45) is 0.0946. The Morgan fingerprint density at radius 1 is 1.32 bits per heavy atom. The molecule has 0 bridgehead atoms. The quantitative estimate of drug-likeness (QED) is 0.480. The van der Waals surface area contributed by atoms with Crippen LogP contribution in [0.25, 0.3) is 0 Å². The Labute approximate surface area is 128 Å². The molecule has 0 fully saturated rings. The highest BCUT2D eigenvalue weighted by Crippen LogP contribution is 2.25. The Kier molecular flexibility index (Phi) is 7.88. The van der Waals surface area contributed by atoms with Gasteiger partial charge in [-0.2, -0.15) is 18.4 Å². The highest BCUT2D eigenvalue weighted by atomic mass is 19.4. The van der Waals surface area contributed by atoms with Crippen LogP contribution in [0.2, 0.25) is 0 Å². The van der Waals surface area contributed by atoms with Crippen molar-refractivity contribution in [3.05, 3.63) is 34.6 Å². The first-order valence-electron chi connectivity index (χ1n) is 6.48. The Hall–Kier alpha value is -2.36. The van der Waals surface area contributed by atoms with Crippen molar-refractivity contribution in [2.24, 2.45) is 15.7 Å². The van der Waals surface area contributed by atoms with Crippen molar-refractivity contribution in [3.8, 4) is 6.07 Å². The van der Waals surface area contributed by atoms with Gasteiger partial charge in [-0.1, -0.05) is 13.0 Å². The predicted molar refractivity (Wildman–Crippen MR) is 82.8 cm³/mol. The minimum atomic E-state index is -4.69. The maximum atomic E-state index is 12.8. The van der Waals surface area contributed by atoms with Crippen LogP contribution in [-0.4, -0.2) is 32.2 Å². The fourth-order valence-corrected chi connectivity index (χ4v) is 1.71. The van der Waals surface area contributed by atoms with Crippen LogP contribution in [0.5, 0.6) is 0 Å². The molecule has 0 saturated heterocycles. The lowest BCUT2D eigenvalue weighted by atomic mass is 10.00. The number of rotatable bonds is 5. The van der Waals surface area contributed by atoms with Crippen molar-refractivity contribution in [2.75, 3.05) is 14.1 Å². The molecule has 2 N–H and O–H groups in total.